The maximum atomic E-state index is 5.44. The summed E-state index contributed by atoms with van der Waals surface area (Å²) in [6, 6.07) is 0. The Kier molecular flexibility index (Phi) is 5.06. The van der Waals surface area contributed by atoms with Crippen LogP contribution >= 0.6 is 10.2 Å². The second-order valence-electron chi connectivity index (χ2n) is 1.24. The molecule has 0 unspecified atom stereocenters. The number of hydrogen-bond acceptors (Lipinski definition) is 0. The maximum absolute atomic E-state index is 5.44. The third-order valence-corrected chi connectivity index (χ3v) is 2.04. The maximum Gasteiger partial charge on any atom is 0 e. The Hall–Kier alpha value is 0.757. The molecular weight excluding hydrogens is 213 g/mol. The van der Waals surface area contributed by atoms with Gasteiger partial charge in [-0.05, 0) is 0 Å². The first-order chi connectivity index (χ1) is 3.43. The van der Waals surface area contributed by atoms with E-state index in [-0.39, 0.29) is 16.5 Å². The minimum absolute atomic E-state index is 0. The Bertz CT molecular complexity index is 97.0. The first-order valence-corrected chi connectivity index (χ1v) is 3.90. The number of hydrogen-bond donors (Lipinski definition) is 0. The summed E-state index contributed by atoms with van der Waals surface area (Å²) < 4.78 is 0. The summed E-state index contributed by atoms with van der Waals surface area (Å²) in [5.41, 5.74) is 0. The van der Waals surface area contributed by atoms with E-state index in [4.69, 9.17) is 10.2 Å². The number of allylic oxidation sites excluding steroid dienone is 4. The number of rotatable bonds is 1. The van der Waals surface area contributed by atoms with E-state index in [0.717, 1.165) is 0 Å². The SMILES string of the molecule is [Cl][Ni][CH]1C=CC=C1.[Ni]. The van der Waals surface area contributed by atoms with Gasteiger partial charge in [0.1, 0.15) is 0 Å². The molecule has 1 aliphatic rings. The molecule has 0 heterocycles. The predicted molar refractivity (Wildman–Crippen MR) is 27.9 cm³/mol. The molecule has 0 saturated heterocycles. The fourth-order valence-corrected chi connectivity index (χ4v) is 1.18. The van der Waals surface area contributed by atoms with E-state index >= 15 is 0 Å². The van der Waals surface area contributed by atoms with Crippen LogP contribution in [0.4, 0.5) is 0 Å². The molecule has 0 aliphatic heterocycles. The molecule has 0 atom stereocenters. The average molecular weight is 218 g/mol. The monoisotopic (exact) mass is 216 g/mol. The van der Waals surface area contributed by atoms with Crippen molar-refractivity contribution < 1.29 is 30.0 Å². The Morgan fingerprint density at radius 1 is 1.25 bits per heavy atom. The molecule has 0 amide bonds. The van der Waals surface area contributed by atoms with Crippen LogP contribution in [0.5, 0.6) is 0 Å². The van der Waals surface area contributed by atoms with Crippen LogP contribution in [0.1, 0.15) is 0 Å². The van der Waals surface area contributed by atoms with E-state index in [2.05, 4.69) is 12.2 Å². The van der Waals surface area contributed by atoms with Gasteiger partial charge in [0.2, 0.25) is 0 Å². The van der Waals surface area contributed by atoms with Crippen molar-refractivity contribution in [2.75, 3.05) is 0 Å². The zero-order valence-corrected chi connectivity index (χ0v) is 6.63. The van der Waals surface area contributed by atoms with Gasteiger partial charge in [0.25, 0.3) is 0 Å². The smallest absolute Gasteiger partial charge is 0 e. The zero-order chi connectivity index (χ0) is 5.11. The van der Waals surface area contributed by atoms with Crippen LogP contribution in [0.3, 0.4) is 0 Å². The molecule has 1 aliphatic carbocycles. The van der Waals surface area contributed by atoms with Gasteiger partial charge < -0.3 is 0 Å². The molecule has 0 radical (unpaired) electrons. The van der Waals surface area contributed by atoms with Crippen molar-refractivity contribution in [3.63, 3.8) is 0 Å². The van der Waals surface area contributed by atoms with Gasteiger partial charge in [0, 0.05) is 16.5 Å². The van der Waals surface area contributed by atoms with Crippen LogP contribution in [-0.4, -0.2) is 0 Å². The predicted octanol–water partition coefficient (Wildman–Crippen LogP) is 2.13. The van der Waals surface area contributed by atoms with E-state index in [0.29, 0.717) is 4.89 Å². The Labute approximate surface area is 69.4 Å². The van der Waals surface area contributed by atoms with E-state index in [9.17, 15) is 0 Å². The molecule has 0 N–H and O–H groups in total. The average Bonchev–Trinajstić information content (AvgIpc) is 2.14. The molecule has 0 aromatic heterocycles. The molecule has 0 saturated carbocycles. The first kappa shape index (κ1) is 8.76. The second kappa shape index (κ2) is 4.62. The van der Waals surface area contributed by atoms with Crippen molar-refractivity contribution in [3.8, 4) is 0 Å². The molecule has 1 rings (SSSR count). The first-order valence-electron chi connectivity index (χ1n) is 1.97. The Morgan fingerprint density at radius 3 is 2.00 bits per heavy atom. The van der Waals surface area contributed by atoms with E-state index in [1.54, 1.807) is 0 Å². The Balaban J connectivity index is 0.000000490. The normalized spacial score (nSPS) is 17.1. The minimum atomic E-state index is 0. The van der Waals surface area contributed by atoms with Gasteiger partial charge in [0.05, 0.1) is 0 Å². The molecule has 0 aromatic rings. The van der Waals surface area contributed by atoms with Crippen molar-refractivity contribution in [1.82, 2.24) is 0 Å². The van der Waals surface area contributed by atoms with Gasteiger partial charge in [-0.25, -0.2) is 0 Å². The number of halogens is 1. The van der Waals surface area contributed by atoms with Crippen molar-refractivity contribution >= 4 is 10.2 Å². The third kappa shape index (κ3) is 2.35. The van der Waals surface area contributed by atoms with Gasteiger partial charge >= 0.3 is 52.9 Å². The Morgan fingerprint density at radius 2 is 1.75 bits per heavy atom. The fraction of sp³-hybridized carbons (Fsp3) is 0.200. The molecule has 8 heavy (non-hydrogen) atoms. The second-order valence-corrected chi connectivity index (χ2v) is 2.69. The summed E-state index contributed by atoms with van der Waals surface area (Å²) in [4.78, 5) is 0.439. The van der Waals surface area contributed by atoms with Gasteiger partial charge in [-0.1, -0.05) is 0 Å². The van der Waals surface area contributed by atoms with Crippen molar-refractivity contribution in [1.29, 1.82) is 0 Å². The van der Waals surface area contributed by atoms with Crippen molar-refractivity contribution in [2.24, 2.45) is 0 Å². The van der Waals surface area contributed by atoms with Gasteiger partial charge in [0.15, 0.2) is 0 Å². The van der Waals surface area contributed by atoms with Crippen LogP contribution in [0.25, 0.3) is 0 Å². The molecule has 0 spiro atoms. The van der Waals surface area contributed by atoms with Crippen LogP contribution in [0.15, 0.2) is 24.3 Å². The quantitative estimate of drug-likeness (QED) is 0.591. The van der Waals surface area contributed by atoms with Crippen LogP contribution in [0.2, 0.25) is 4.89 Å². The summed E-state index contributed by atoms with van der Waals surface area (Å²) in [5, 5.41) is 0. The van der Waals surface area contributed by atoms with Crippen LogP contribution < -0.4 is 0 Å². The van der Waals surface area contributed by atoms with Crippen LogP contribution in [0, 0.1) is 0 Å². The minimum Gasteiger partial charge on any atom is 0 e. The summed E-state index contributed by atoms with van der Waals surface area (Å²) in [7, 11) is 5.44. The van der Waals surface area contributed by atoms with Crippen LogP contribution in [-0.2, 0) is 30.0 Å². The van der Waals surface area contributed by atoms with Crippen molar-refractivity contribution in [2.45, 2.75) is 4.89 Å². The topological polar surface area (TPSA) is 0 Å². The van der Waals surface area contributed by atoms with E-state index < -0.39 is 0 Å². The van der Waals surface area contributed by atoms with E-state index in [1.807, 2.05) is 12.2 Å². The van der Waals surface area contributed by atoms with Gasteiger partial charge in [-0.3, -0.25) is 0 Å². The molecule has 52 valence electrons. The molecule has 0 aromatic carbocycles. The third-order valence-electron chi connectivity index (χ3n) is 0.757. The summed E-state index contributed by atoms with van der Waals surface area (Å²) in [6.07, 6.45) is 8.14. The van der Waals surface area contributed by atoms with E-state index in [1.165, 1.54) is 13.5 Å². The summed E-state index contributed by atoms with van der Waals surface area (Å²) in [6.45, 7) is 0. The molecule has 0 fully saturated rings. The molecular formula is C5H5ClNi2. The van der Waals surface area contributed by atoms with Gasteiger partial charge in [-0.2, -0.15) is 0 Å². The molecule has 0 bridgehead atoms. The van der Waals surface area contributed by atoms with Gasteiger partial charge in [-0.15, -0.1) is 0 Å². The molecule has 3 heteroatoms. The molecule has 0 nitrogen and oxygen atoms in total. The standard InChI is InChI=1S/C5H5.ClH.2Ni/c1-2-4-5-3-1;;;/h1-5H;1H;;/q;;;+1/p-1. The fourth-order valence-electron chi connectivity index (χ4n) is 0.437. The largest absolute Gasteiger partial charge is 0 e. The summed E-state index contributed by atoms with van der Waals surface area (Å²) in [5.74, 6) is 0. The zero-order valence-electron chi connectivity index (χ0n) is 3.90. The summed E-state index contributed by atoms with van der Waals surface area (Å²) >= 11 is 1.18. The van der Waals surface area contributed by atoms with Crippen molar-refractivity contribution in [3.05, 3.63) is 24.3 Å².